The van der Waals surface area contributed by atoms with Crippen molar-refractivity contribution in [1.29, 1.82) is 0 Å². The molecule has 8 heteroatoms. The van der Waals surface area contributed by atoms with Crippen molar-refractivity contribution in [3.05, 3.63) is 87.6 Å². The molecule has 2 bridgehead atoms. The molecule has 3 aromatic rings. The summed E-state index contributed by atoms with van der Waals surface area (Å²) in [7, 11) is 0. The van der Waals surface area contributed by atoms with Crippen LogP contribution in [0.3, 0.4) is 0 Å². The van der Waals surface area contributed by atoms with Gasteiger partial charge in [-0.15, -0.1) is 36.2 Å². The first-order chi connectivity index (χ1) is 19.5. The van der Waals surface area contributed by atoms with Crippen molar-refractivity contribution < 1.29 is 9.90 Å². The molecule has 42 heavy (non-hydrogen) atoms. The van der Waals surface area contributed by atoms with E-state index < -0.39 is 0 Å². The third-order valence-corrected chi connectivity index (χ3v) is 10.8. The highest BCUT2D eigenvalue weighted by molar-refractivity contribution is 7.09. The molecule has 4 atom stereocenters. The van der Waals surface area contributed by atoms with E-state index in [1.54, 1.807) is 6.07 Å². The zero-order chi connectivity index (χ0) is 27.5. The number of likely N-dealkylation sites (tertiary alicyclic amines) is 1. The van der Waals surface area contributed by atoms with Crippen LogP contribution >= 0.6 is 36.2 Å². The summed E-state index contributed by atoms with van der Waals surface area (Å²) in [5, 5.41) is 16.0. The lowest BCUT2D eigenvalue weighted by molar-refractivity contribution is -0.123. The van der Waals surface area contributed by atoms with Gasteiger partial charge in [-0.05, 0) is 91.3 Å². The number of rotatable bonds is 9. The molecule has 2 fully saturated rings. The maximum absolute atomic E-state index is 13.3. The molecule has 6 rings (SSSR count). The smallest absolute Gasteiger partial charge is 0.221 e. The number of carbonyl (C=O) groups is 1. The Morgan fingerprint density at radius 1 is 1.05 bits per heavy atom. The van der Waals surface area contributed by atoms with Gasteiger partial charge in [0.15, 0.2) is 0 Å². The Bertz CT molecular complexity index is 1310. The van der Waals surface area contributed by atoms with Crippen molar-refractivity contribution in [3.8, 4) is 5.75 Å². The Hall–Kier alpha value is -2.09. The van der Waals surface area contributed by atoms with Gasteiger partial charge in [0.2, 0.25) is 5.91 Å². The van der Waals surface area contributed by atoms with E-state index >= 15 is 0 Å². The molecule has 1 saturated carbocycles. The lowest BCUT2D eigenvalue weighted by atomic mass is 9.57. The van der Waals surface area contributed by atoms with Crippen LogP contribution in [0.4, 0.5) is 0 Å². The minimum Gasteiger partial charge on any atom is -0.508 e. The number of phenolic OH excluding ortho intramolecular Hbond substituents is 1. The molecule has 1 amide bonds. The normalized spacial score (nSPS) is 25.5. The SMILES string of the molecule is C[C@@H]1CN(CCCc2cccs2)[C@H]2C[C@H](NC(=O)CCN3CCc4ccccc4C3)C[C@]1(c1cccc(O)c1)C2.Cl.Cl. The van der Waals surface area contributed by atoms with Gasteiger partial charge in [-0.1, -0.05) is 49.4 Å². The number of amides is 1. The van der Waals surface area contributed by atoms with E-state index in [0.717, 1.165) is 64.8 Å². The standard InChI is InChI=1S/C34H43N3O2S.2ClH/c1-25-23-37(15-5-11-32-12-6-18-40-32)30-20-29(21-34(25,22-30)28-9-4-10-31(38)19-28)35-33(39)14-17-36-16-13-26-7-2-3-8-27(26)24-36;;/h2-4,6-10,12,18-19,25,29-30,38H,5,11,13-17,20-24H2,1H3,(H,35,39);2*1H/t25-,29+,30+,34+;;/m1../s1. The molecule has 0 spiro atoms. The predicted octanol–water partition coefficient (Wildman–Crippen LogP) is 6.61. The van der Waals surface area contributed by atoms with Crippen molar-refractivity contribution in [1.82, 2.24) is 15.1 Å². The summed E-state index contributed by atoms with van der Waals surface area (Å²) in [4.78, 5) is 19.9. The van der Waals surface area contributed by atoms with Crippen LogP contribution in [0.1, 0.15) is 60.6 Å². The number of hydrogen-bond donors (Lipinski definition) is 2. The van der Waals surface area contributed by atoms with Crippen molar-refractivity contribution in [3.63, 3.8) is 0 Å². The molecule has 0 unspecified atom stereocenters. The fraction of sp³-hybridized carbons (Fsp3) is 0.500. The number of benzene rings is 2. The number of fused-ring (bicyclic) bond motifs is 3. The number of carbonyl (C=O) groups excluding carboxylic acids is 1. The van der Waals surface area contributed by atoms with E-state index in [1.165, 1.54) is 28.0 Å². The van der Waals surface area contributed by atoms with Gasteiger partial charge < -0.3 is 10.4 Å². The van der Waals surface area contributed by atoms with Crippen LogP contribution in [-0.4, -0.2) is 59.1 Å². The van der Waals surface area contributed by atoms with Gasteiger partial charge in [0.25, 0.3) is 0 Å². The quantitative estimate of drug-likeness (QED) is 0.280. The first-order valence-electron chi connectivity index (χ1n) is 15.1. The Balaban J connectivity index is 0.00000202. The molecule has 2 aliphatic heterocycles. The van der Waals surface area contributed by atoms with E-state index in [0.29, 0.717) is 24.1 Å². The fourth-order valence-electron chi connectivity index (χ4n) is 7.73. The highest BCUT2D eigenvalue weighted by Gasteiger charge is 2.51. The maximum atomic E-state index is 13.3. The lowest BCUT2D eigenvalue weighted by Crippen LogP contribution is -2.61. The van der Waals surface area contributed by atoms with Gasteiger partial charge in [0, 0.05) is 55.0 Å². The number of thiophene rings is 1. The highest BCUT2D eigenvalue weighted by Crippen LogP contribution is 2.50. The first kappa shape index (κ1) is 32.8. The topological polar surface area (TPSA) is 55.8 Å². The van der Waals surface area contributed by atoms with Gasteiger partial charge in [-0.25, -0.2) is 0 Å². The number of piperidine rings is 1. The molecule has 3 aliphatic rings. The van der Waals surface area contributed by atoms with E-state index in [2.05, 4.69) is 69.9 Å². The summed E-state index contributed by atoms with van der Waals surface area (Å²) in [6.07, 6.45) is 6.95. The molecule has 1 aromatic heterocycles. The summed E-state index contributed by atoms with van der Waals surface area (Å²) >= 11 is 1.85. The second-order valence-corrected chi connectivity index (χ2v) is 13.4. The third-order valence-electron chi connectivity index (χ3n) is 9.83. The Kier molecular flexibility index (Phi) is 11.4. The summed E-state index contributed by atoms with van der Waals surface area (Å²) in [6.45, 7) is 7.31. The van der Waals surface area contributed by atoms with Crippen LogP contribution in [0.5, 0.6) is 5.75 Å². The van der Waals surface area contributed by atoms with E-state index in [1.807, 2.05) is 23.5 Å². The summed E-state index contributed by atoms with van der Waals surface area (Å²) in [5.41, 5.74) is 4.05. The van der Waals surface area contributed by atoms with Crippen molar-refractivity contribution >= 4 is 42.1 Å². The minimum atomic E-state index is -0.0273. The Morgan fingerprint density at radius 2 is 1.88 bits per heavy atom. The molecule has 1 saturated heterocycles. The zero-order valence-corrected chi connectivity index (χ0v) is 27.0. The van der Waals surface area contributed by atoms with E-state index in [4.69, 9.17) is 0 Å². The number of aromatic hydroxyl groups is 1. The van der Waals surface area contributed by atoms with Gasteiger partial charge >= 0.3 is 0 Å². The van der Waals surface area contributed by atoms with Gasteiger partial charge in [-0.2, -0.15) is 0 Å². The average Bonchev–Trinajstić information content (AvgIpc) is 3.48. The zero-order valence-electron chi connectivity index (χ0n) is 24.5. The van der Waals surface area contributed by atoms with Gasteiger partial charge in [0.1, 0.15) is 5.75 Å². The van der Waals surface area contributed by atoms with E-state index in [-0.39, 0.29) is 42.2 Å². The molecule has 0 radical (unpaired) electrons. The molecular formula is C34H45Cl2N3O2S. The molecule has 2 aromatic carbocycles. The largest absolute Gasteiger partial charge is 0.508 e. The molecule has 5 nitrogen and oxygen atoms in total. The molecular weight excluding hydrogens is 585 g/mol. The number of phenols is 1. The molecule has 3 heterocycles. The number of aryl methyl sites for hydroxylation is 1. The molecule has 1 aliphatic carbocycles. The van der Waals surface area contributed by atoms with Gasteiger partial charge in [-0.3, -0.25) is 14.6 Å². The number of nitrogens with one attached hydrogen (secondary N) is 1. The van der Waals surface area contributed by atoms with Crippen molar-refractivity contribution in [2.45, 2.75) is 75.9 Å². The average molecular weight is 631 g/mol. The minimum absolute atomic E-state index is 0. The van der Waals surface area contributed by atoms with Crippen LogP contribution in [0.15, 0.2) is 66.0 Å². The number of halogens is 2. The monoisotopic (exact) mass is 629 g/mol. The lowest BCUT2D eigenvalue weighted by Gasteiger charge is -2.56. The summed E-state index contributed by atoms with van der Waals surface area (Å²) in [5.74, 6) is 0.954. The van der Waals surface area contributed by atoms with Crippen LogP contribution in [0, 0.1) is 5.92 Å². The number of nitrogens with zero attached hydrogens (tertiary/aromatic N) is 2. The van der Waals surface area contributed by atoms with Crippen molar-refractivity contribution in [2.24, 2.45) is 5.92 Å². The Morgan fingerprint density at radius 3 is 2.67 bits per heavy atom. The first-order valence-corrected chi connectivity index (χ1v) is 16.0. The summed E-state index contributed by atoms with van der Waals surface area (Å²) in [6, 6.07) is 21.6. The fourth-order valence-corrected chi connectivity index (χ4v) is 8.48. The second kappa shape index (κ2) is 14.6. The number of hydrogen-bond acceptors (Lipinski definition) is 5. The highest BCUT2D eigenvalue weighted by atomic mass is 35.5. The van der Waals surface area contributed by atoms with Crippen LogP contribution in [0.25, 0.3) is 0 Å². The maximum Gasteiger partial charge on any atom is 0.221 e. The summed E-state index contributed by atoms with van der Waals surface area (Å²) < 4.78 is 0. The van der Waals surface area contributed by atoms with Gasteiger partial charge in [0.05, 0.1) is 0 Å². The second-order valence-electron chi connectivity index (χ2n) is 12.4. The third kappa shape index (κ3) is 7.34. The Labute approximate surface area is 267 Å². The predicted molar refractivity (Wildman–Crippen MR) is 177 cm³/mol. The van der Waals surface area contributed by atoms with Crippen molar-refractivity contribution in [2.75, 3.05) is 26.2 Å². The van der Waals surface area contributed by atoms with E-state index in [9.17, 15) is 9.90 Å². The molecule has 2 N–H and O–H groups in total. The van der Waals surface area contributed by atoms with Crippen LogP contribution in [0.2, 0.25) is 0 Å². The van der Waals surface area contributed by atoms with Crippen LogP contribution < -0.4 is 5.32 Å². The van der Waals surface area contributed by atoms with Crippen LogP contribution in [-0.2, 0) is 29.6 Å². The molecule has 228 valence electrons.